The van der Waals surface area contributed by atoms with Gasteiger partial charge in [0.25, 0.3) is 0 Å². The quantitative estimate of drug-likeness (QED) is 0.927. The Bertz CT molecular complexity index is 567. The van der Waals surface area contributed by atoms with E-state index in [1.54, 1.807) is 30.6 Å². The van der Waals surface area contributed by atoms with Gasteiger partial charge in [0.05, 0.1) is 18.8 Å². The van der Waals surface area contributed by atoms with Crippen LogP contribution in [0.5, 0.6) is 11.5 Å². The average molecular weight is 273 g/mol. The average Bonchev–Trinajstić information content (AvgIpc) is 3.00. The third-order valence-corrected chi connectivity index (χ3v) is 3.02. The first-order valence-corrected chi connectivity index (χ1v) is 6.41. The molecule has 5 heteroatoms. The van der Waals surface area contributed by atoms with Crippen LogP contribution in [0.4, 0.5) is 0 Å². The Labute approximate surface area is 116 Å². The van der Waals surface area contributed by atoms with Gasteiger partial charge in [-0.2, -0.15) is 0 Å². The number of rotatable bonds is 4. The summed E-state index contributed by atoms with van der Waals surface area (Å²) in [5.41, 5.74) is 1.49. The molecule has 0 spiro atoms. The van der Waals surface area contributed by atoms with E-state index < -0.39 is 6.29 Å². The molecule has 1 aromatic heterocycles. The second kappa shape index (κ2) is 5.90. The van der Waals surface area contributed by atoms with E-state index >= 15 is 0 Å². The second-order valence-corrected chi connectivity index (χ2v) is 4.41. The van der Waals surface area contributed by atoms with Gasteiger partial charge in [-0.05, 0) is 18.2 Å². The molecule has 1 aliphatic heterocycles. The minimum absolute atomic E-state index is 0.112. The lowest BCUT2D eigenvalue weighted by Crippen LogP contribution is -2.04. The van der Waals surface area contributed by atoms with E-state index in [1.807, 2.05) is 12.1 Å². The van der Waals surface area contributed by atoms with Crippen LogP contribution < -0.4 is 4.74 Å². The SMILES string of the molecule is Oc1cccc(OCc2cccnc2)c1C1OCCO1. The van der Waals surface area contributed by atoms with E-state index in [0.717, 1.165) is 5.56 Å². The molecule has 2 heterocycles. The molecule has 0 unspecified atom stereocenters. The second-order valence-electron chi connectivity index (χ2n) is 4.41. The van der Waals surface area contributed by atoms with Crippen LogP contribution in [-0.4, -0.2) is 23.3 Å². The van der Waals surface area contributed by atoms with Crippen molar-refractivity contribution >= 4 is 0 Å². The van der Waals surface area contributed by atoms with Gasteiger partial charge < -0.3 is 19.3 Å². The molecule has 0 bridgehead atoms. The Morgan fingerprint density at radius 2 is 2.05 bits per heavy atom. The van der Waals surface area contributed by atoms with Crippen molar-refractivity contribution < 1.29 is 19.3 Å². The van der Waals surface area contributed by atoms with Gasteiger partial charge in [-0.1, -0.05) is 12.1 Å². The summed E-state index contributed by atoms with van der Waals surface area (Å²) < 4.78 is 16.6. The summed E-state index contributed by atoms with van der Waals surface area (Å²) in [5, 5.41) is 10.00. The summed E-state index contributed by atoms with van der Waals surface area (Å²) in [6, 6.07) is 8.89. The molecule has 0 amide bonds. The highest BCUT2D eigenvalue weighted by atomic mass is 16.7. The molecule has 1 N–H and O–H groups in total. The van der Waals surface area contributed by atoms with Gasteiger partial charge >= 0.3 is 0 Å². The van der Waals surface area contributed by atoms with Crippen molar-refractivity contribution in [3.05, 3.63) is 53.9 Å². The van der Waals surface area contributed by atoms with Crippen LogP contribution in [0.3, 0.4) is 0 Å². The van der Waals surface area contributed by atoms with E-state index in [4.69, 9.17) is 14.2 Å². The molecule has 2 aromatic rings. The normalized spacial score (nSPS) is 15.4. The van der Waals surface area contributed by atoms with Crippen LogP contribution in [0, 0.1) is 0 Å². The Balaban J connectivity index is 1.80. The number of phenolic OH excluding ortho intramolecular Hbond substituents is 1. The van der Waals surface area contributed by atoms with Gasteiger partial charge in [-0.15, -0.1) is 0 Å². The van der Waals surface area contributed by atoms with E-state index in [1.165, 1.54) is 0 Å². The number of phenols is 1. The van der Waals surface area contributed by atoms with Gasteiger partial charge in [-0.25, -0.2) is 0 Å². The molecular weight excluding hydrogens is 258 g/mol. The summed E-state index contributed by atoms with van der Waals surface area (Å²) in [6.07, 6.45) is 2.88. The number of aromatic hydroxyl groups is 1. The number of hydrogen-bond donors (Lipinski definition) is 1. The molecule has 1 aliphatic rings. The number of benzene rings is 1. The zero-order chi connectivity index (χ0) is 13.8. The molecular formula is C15H15NO4. The first-order chi connectivity index (χ1) is 9.84. The molecule has 0 saturated carbocycles. The maximum atomic E-state index is 10.00. The molecule has 1 aromatic carbocycles. The van der Waals surface area contributed by atoms with Crippen molar-refractivity contribution in [1.82, 2.24) is 4.98 Å². The largest absolute Gasteiger partial charge is 0.507 e. The van der Waals surface area contributed by atoms with E-state index in [-0.39, 0.29) is 5.75 Å². The highest BCUT2D eigenvalue weighted by molar-refractivity contribution is 5.45. The van der Waals surface area contributed by atoms with Crippen molar-refractivity contribution in [1.29, 1.82) is 0 Å². The van der Waals surface area contributed by atoms with E-state index in [9.17, 15) is 5.11 Å². The molecule has 0 aliphatic carbocycles. The van der Waals surface area contributed by atoms with Gasteiger partial charge in [0.15, 0.2) is 6.29 Å². The molecule has 1 fully saturated rings. The van der Waals surface area contributed by atoms with Gasteiger partial charge in [0.2, 0.25) is 0 Å². The minimum atomic E-state index is -0.569. The molecule has 3 rings (SSSR count). The number of ether oxygens (including phenoxy) is 3. The van der Waals surface area contributed by atoms with Crippen LogP contribution in [0.15, 0.2) is 42.7 Å². The third-order valence-electron chi connectivity index (χ3n) is 3.02. The fraction of sp³-hybridized carbons (Fsp3) is 0.267. The number of nitrogens with zero attached hydrogens (tertiary/aromatic N) is 1. The van der Waals surface area contributed by atoms with Gasteiger partial charge in [0, 0.05) is 18.0 Å². The summed E-state index contributed by atoms with van der Waals surface area (Å²) in [6.45, 7) is 1.40. The zero-order valence-electron chi connectivity index (χ0n) is 10.9. The van der Waals surface area contributed by atoms with Gasteiger partial charge in [-0.3, -0.25) is 4.98 Å². The predicted octanol–water partition coefficient (Wildman–Crippen LogP) is 2.41. The van der Waals surface area contributed by atoms with Crippen molar-refractivity contribution in [2.24, 2.45) is 0 Å². The van der Waals surface area contributed by atoms with Crippen LogP contribution in [-0.2, 0) is 16.1 Å². The highest BCUT2D eigenvalue weighted by Crippen LogP contribution is 2.37. The van der Waals surface area contributed by atoms with Crippen LogP contribution >= 0.6 is 0 Å². The fourth-order valence-corrected chi connectivity index (χ4v) is 2.06. The lowest BCUT2D eigenvalue weighted by Gasteiger charge is -2.16. The molecule has 20 heavy (non-hydrogen) atoms. The summed E-state index contributed by atoms with van der Waals surface area (Å²) >= 11 is 0. The standard InChI is InChI=1S/C15H15NO4/c17-12-4-1-5-13(14(12)15-18-7-8-19-15)20-10-11-3-2-6-16-9-11/h1-6,9,15,17H,7-8,10H2. The lowest BCUT2D eigenvalue weighted by atomic mass is 10.1. The topological polar surface area (TPSA) is 60.8 Å². The van der Waals surface area contributed by atoms with Crippen LogP contribution in [0.1, 0.15) is 17.4 Å². The molecule has 104 valence electrons. The summed E-state index contributed by atoms with van der Waals surface area (Å²) in [4.78, 5) is 4.04. The fourth-order valence-electron chi connectivity index (χ4n) is 2.06. The molecule has 0 radical (unpaired) electrons. The smallest absolute Gasteiger partial charge is 0.191 e. The number of aromatic nitrogens is 1. The highest BCUT2D eigenvalue weighted by Gasteiger charge is 2.25. The Morgan fingerprint density at radius 1 is 1.20 bits per heavy atom. The third kappa shape index (κ3) is 2.74. The predicted molar refractivity (Wildman–Crippen MR) is 71.3 cm³/mol. The van der Waals surface area contributed by atoms with Gasteiger partial charge in [0.1, 0.15) is 18.1 Å². The van der Waals surface area contributed by atoms with Crippen molar-refractivity contribution in [3.8, 4) is 11.5 Å². The Hall–Kier alpha value is -2.11. The Kier molecular flexibility index (Phi) is 3.80. The minimum Gasteiger partial charge on any atom is -0.507 e. The summed E-state index contributed by atoms with van der Waals surface area (Å²) in [7, 11) is 0. The molecule has 0 atom stereocenters. The zero-order valence-corrected chi connectivity index (χ0v) is 10.9. The number of hydrogen-bond acceptors (Lipinski definition) is 5. The maximum absolute atomic E-state index is 10.00. The summed E-state index contributed by atoms with van der Waals surface area (Å²) in [5.74, 6) is 0.668. The first kappa shape index (κ1) is 12.9. The lowest BCUT2D eigenvalue weighted by molar-refractivity contribution is -0.0472. The maximum Gasteiger partial charge on any atom is 0.191 e. The van der Waals surface area contributed by atoms with Crippen LogP contribution in [0.25, 0.3) is 0 Å². The molecule has 1 saturated heterocycles. The van der Waals surface area contributed by atoms with E-state index in [2.05, 4.69) is 4.98 Å². The monoisotopic (exact) mass is 273 g/mol. The number of pyridine rings is 1. The van der Waals surface area contributed by atoms with Crippen molar-refractivity contribution in [2.75, 3.05) is 13.2 Å². The Morgan fingerprint density at radius 3 is 2.80 bits per heavy atom. The van der Waals surface area contributed by atoms with Crippen molar-refractivity contribution in [2.45, 2.75) is 12.9 Å². The first-order valence-electron chi connectivity index (χ1n) is 6.41. The van der Waals surface area contributed by atoms with Crippen molar-refractivity contribution in [3.63, 3.8) is 0 Å². The molecule has 5 nitrogen and oxygen atoms in total. The van der Waals surface area contributed by atoms with Crippen LogP contribution in [0.2, 0.25) is 0 Å². The van der Waals surface area contributed by atoms with E-state index in [0.29, 0.717) is 31.1 Å².